The number of benzene rings is 1. The summed E-state index contributed by atoms with van der Waals surface area (Å²) in [6, 6.07) is 7.29. The van der Waals surface area contributed by atoms with Gasteiger partial charge in [-0.3, -0.25) is 4.79 Å². The number of carbonyl (C=O) groups excluding carboxylic acids is 1. The lowest BCUT2D eigenvalue weighted by molar-refractivity contribution is -0.132. The first kappa shape index (κ1) is 23.2. The van der Waals surface area contributed by atoms with E-state index in [0.29, 0.717) is 41.8 Å². The van der Waals surface area contributed by atoms with Crippen LogP contribution in [0.4, 0.5) is 0 Å². The Morgan fingerprint density at radius 2 is 1.87 bits per heavy atom. The molecule has 0 aliphatic heterocycles. The van der Waals surface area contributed by atoms with Gasteiger partial charge < -0.3 is 9.32 Å². The molecule has 0 unspecified atom stereocenters. The van der Waals surface area contributed by atoms with Gasteiger partial charge in [0.2, 0.25) is 17.7 Å². The molecular formula is C22H26ClN5O2S. The number of rotatable bonds is 9. The molecule has 3 rings (SSSR count). The van der Waals surface area contributed by atoms with Crippen LogP contribution in [0.15, 0.2) is 33.8 Å². The number of aryl methyl sites for hydroxylation is 2. The molecule has 0 radical (unpaired) electrons. The highest BCUT2D eigenvalue weighted by atomic mass is 35.5. The molecule has 2 heterocycles. The van der Waals surface area contributed by atoms with Crippen LogP contribution in [-0.2, 0) is 17.8 Å². The van der Waals surface area contributed by atoms with E-state index >= 15 is 0 Å². The van der Waals surface area contributed by atoms with E-state index in [-0.39, 0.29) is 12.5 Å². The molecule has 0 atom stereocenters. The SMILES string of the molecule is CCCN(Cc1nnc(-c2ccccc2Cl)o1)C(=O)CCc1c(C)nc(SC)nc1C. The van der Waals surface area contributed by atoms with Crippen molar-refractivity contribution in [3.05, 3.63) is 52.1 Å². The van der Waals surface area contributed by atoms with E-state index in [1.54, 1.807) is 11.0 Å². The predicted molar refractivity (Wildman–Crippen MR) is 122 cm³/mol. The zero-order chi connectivity index (χ0) is 22.4. The second kappa shape index (κ2) is 10.7. The summed E-state index contributed by atoms with van der Waals surface area (Å²) >= 11 is 7.73. The van der Waals surface area contributed by atoms with Crippen molar-refractivity contribution in [3.63, 3.8) is 0 Å². The normalized spacial score (nSPS) is 11.0. The van der Waals surface area contributed by atoms with Crippen LogP contribution in [0, 0.1) is 13.8 Å². The molecule has 0 spiro atoms. The summed E-state index contributed by atoms with van der Waals surface area (Å²) in [5.41, 5.74) is 3.55. The first-order valence-electron chi connectivity index (χ1n) is 10.2. The summed E-state index contributed by atoms with van der Waals surface area (Å²) in [6.45, 7) is 6.85. The quantitative estimate of drug-likeness (QED) is 0.332. The maximum atomic E-state index is 13.0. The van der Waals surface area contributed by atoms with E-state index in [0.717, 1.165) is 28.5 Å². The number of hydrogen-bond donors (Lipinski definition) is 0. The summed E-state index contributed by atoms with van der Waals surface area (Å²) in [7, 11) is 0. The molecule has 0 fully saturated rings. The average Bonchev–Trinajstić information content (AvgIpc) is 3.21. The smallest absolute Gasteiger partial charge is 0.249 e. The molecule has 0 aliphatic rings. The Balaban J connectivity index is 1.68. The zero-order valence-electron chi connectivity index (χ0n) is 18.2. The van der Waals surface area contributed by atoms with Crippen molar-refractivity contribution in [1.29, 1.82) is 0 Å². The molecule has 0 saturated carbocycles. The molecular weight excluding hydrogens is 434 g/mol. The maximum Gasteiger partial charge on any atom is 0.249 e. The molecule has 9 heteroatoms. The van der Waals surface area contributed by atoms with Crippen molar-refractivity contribution in [2.24, 2.45) is 0 Å². The summed E-state index contributed by atoms with van der Waals surface area (Å²) in [6.07, 6.45) is 3.75. The summed E-state index contributed by atoms with van der Waals surface area (Å²) < 4.78 is 5.78. The average molecular weight is 460 g/mol. The van der Waals surface area contributed by atoms with Crippen LogP contribution < -0.4 is 0 Å². The Morgan fingerprint density at radius 1 is 1.16 bits per heavy atom. The van der Waals surface area contributed by atoms with Gasteiger partial charge in [0.05, 0.1) is 17.1 Å². The fourth-order valence-corrected chi connectivity index (χ4v) is 4.01. The highest BCUT2D eigenvalue weighted by molar-refractivity contribution is 7.98. The number of carbonyl (C=O) groups is 1. The van der Waals surface area contributed by atoms with E-state index in [1.165, 1.54) is 11.8 Å². The standard InChI is InChI=1S/C22H26ClN5O2S/c1-5-12-28(13-19-26-27-21(30-19)17-8-6-7-9-18(17)23)20(29)11-10-16-14(2)24-22(31-4)25-15(16)3/h6-9H,5,10-13H2,1-4H3. The number of nitrogens with zero attached hydrogens (tertiary/aromatic N) is 5. The van der Waals surface area contributed by atoms with Crippen LogP contribution in [0.25, 0.3) is 11.5 Å². The van der Waals surface area contributed by atoms with Crippen LogP contribution in [0.5, 0.6) is 0 Å². The zero-order valence-corrected chi connectivity index (χ0v) is 19.8. The Bertz CT molecular complexity index is 1030. The third-order valence-corrected chi connectivity index (χ3v) is 5.79. The minimum Gasteiger partial charge on any atom is -0.419 e. The topological polar surface area (TPSA) is 85.0 Å². The monoisotopic (exact) mass is 459 g/mol. The number of amides is 1. The van der Waals surface area contributed by atoms with Gasteiger partial charge >= 0.3 is 0 Å². The Labute approximate surface area is 191 Å². The molecule has 0 N–H and O–H groups in total. The van der Waals surface area contributed by atoms with Crippen molar-refractivity contribution in [2.75, 3.05) is 12.8 Å². The predicted octanol–water partition coefficient (Wildman–Crippen LogP) is 4.89. The van der Waals surface area contributed by atoms with Crippen molar-refractivity contribution in [1.82, 2.24) is 25.1 Å². The lowest BCUT2D eigenvalue weighted by Gasteiger charge is -2.20. The second-order valence-electron chi connectivity index (χ2n) is 7.16. The van der Waals surface area contributed by atoms with Crippen molar-refractivity contribution in [3.8, 4) is 11.5 Å². The van der Waals surface area contributed by atoms with Gasteiger partial charge in [0, 0.05) is 24.4 Å². The van der Waals surface area contributed by atoms with Crippen LogP contribution in [0.2, 0.25) is 5.02 Å². The van der Waals surface area contributed by atoms with Crippen molar-refractivity contribution >= 4 is 29.3 Å². The number of hydrogen-bond acceptors (Lipinski definition) is 7. The largest absolute Gasteiger partial charge is 0.419 e. The molecule has 7 nitrogen and oxygen atoms in total. The van der Waals surface area contributed by atoms with Gasteiger partial charge in [0.25, 0.3) is 0 Å². The van der Waals surface area contributed by atoms with Crippen molar-refractivity contribution in [2.45, 2.75) is 51.7 Å². The Hall–Kier alpha value is -2.45. The maximum absolute atomic E-state index is 13.0. The van der Waals surface area contributed by atoms with E-state index in [2.05, 4.69) is 20.2 Å². The van der Waals surface area contributed by atoms with Crippen LogP contribution in [0.3, 0.4) is 0 Å². The van der Waals surface area contributed by atoms with Gasteiger partial charge in [0.15, 0.2) is 5.16 Å². The summed E-state index contributed by atoms with van der Waals surface area (Å²) in [4.78, 5) is 23.7. The molecule has 164 valence electrons. The van der Waals surface area contributed by atoms with Crippen LogP contribution in [0.1, 0.15) is 42.6 Å². The van der Waals surface area contributed by atoms with Crippen LogP contribution >= 0.6 is 23.4 Å². The lowest BCUT2D eigenvalue weighted by atomic mass is 10.1. The molecule has 0 bridgehead atoms. The fourth-order valence-electron chi connectivity index (χ4n) is 3.34. The molecule has 0 saturated heterocycles. The van der Waals surface area contributed by atoms with E-state index in [4.69, 9.17) is 16.0 Å². The first-order chi connectivity index (χ1) is 14.9. The minimum atomic E-state index is 0.0343. The fraction of sp³-hybridized carbons (Fsp3) is 0.409. The van der Waals surface area contributed by atoms with E-state index in [9.17, 15) is 4.79 Å². The Morgan fingerprint density at radius 3 is 2.52 bits per heavy atom. The summed E-state index contributed by atoms with van der Waals surface area (Å²) in [5, 5.41) is 9.50. The van der Waals surface area contributed by atoms with Gasteiger partial charge in [-0.2, -0.15) is 0 Å². The molecule has 0 aliphatic carbocycles. The van der Waals surface area contributed by atoms with Crippen LogP contribution in [-0.4, -0.2) is 43.8 Å². The number of halogens is 1. The molecule has 2 aromatic heterocycles. The van der Waals surface area contributed by atoms with Gasteiger partial charge in [-0.15, -0.1) is 10.2 Å². The second-order valence-corrected chi connectivity index (χ2v) is 8.34. The van der Waals surface area contributed by atoms with Gasteiger partial charge in [-0.1, -0.05) is 42.4 Å². The Kier molecular flexibility index (Phi) is 8.03. The third kappa shape index (κ3) is 5.83. The first-order valence-corrected chi connectivity index (χ1v) is 11.8. The molecule has 1 amide bonds. The van der Waals surface area contributed by atoms with Gasteiger partial charge in [-0.25, -0.2) is 9.97 Å². The summed E-state index contributed by atoms with van der Waals surface area (Å²) in [5.74, 6) is 0.769. The third-order valence-electron chi connectivity index (χ3n) is 4.92. The number of thioether (sulfide) groups is 1. The van der Waals surface area contributed by atoms with Gasteiger partial charge in [-0.05, 0) is 50.6 Å². The van der Waals surface area contributed by atoms with Gasteiger partial charge in [0.1, 0.15) is 0 Å². The highest BCUT2D eigenvalue weighted by Gasteiger charge is 2.19. The van der Waals surface area contributed by atoms with E-state index in [1.807, 2.05) is 45.2 Å². The molecule has 1 aromatic carbocycles. The van der Waals surface area contributed by atoms with E-state index < -0.39 is 0 Å². The number of aromatic nitrogens is 4. The molecule has 31 heavy (non-hydrogen) atoms. The highest BCUT2D eigenvalue weighted by Crippen LogP contribution is 2.26. The van der Waals surface area contributed by atoms with Crippen molar-refractivity contribution < 1.29 is 9.21 Å². The molecule has 3 aromatic rings. The lowest BCUT2D eigenvalue weighted by Crippen LogP contribution is -2.31. The minimum absolute atomic E-state index is 0.0343.